The van der Waals surface area contributed by atoms with Crippen molar-refractivity contribution in [3.63, 3.8) is 0 Å². The Kier molecular flexibility index (Phi) is 5.23. The highest BCUT2D eigenvalue weighted by Gasteiger charge is 2.17. The average Bonchev–Trinajstić information content (AvgIpc) is 2.80. The number of rotatable bonds is 7. The molecule has 0 saturated carbocycles. The summed E-state index contributed by atoms with van der Waals surface area (Å²) >= 11 is 0. The maximum atomic E-state index is 14.3. The number of fused-ring (bicyclic) bond motifs is 1. The molecule has 1 aromatic carbocycles. The summed E-state index contributed by atoms with van der Waals surface area (Å²) in [5.74, 6) is 0.621. The number of nitrogens with zero attached hydrogens (tertiary/aromatic N) is 2. The number of aryl methyl sites for hydroxylation is 1. The predicted molar refractivity (Wildman–Crippen MR) is 85.6 cm³/mol. The third-order valence-electron chi connectivity index (χ3n) is 3.60. The molecule has 0 atom stereocenters. The van der Waals surface area contributed by atoms with Gasteiger partial charge in [0.15, 0.2) is 0 Å². The molecule has 116 valence electrons. The van der Waals surface area contributed by atoms with Crippen molar-refractivity contribution in [1.29, 1.82) is 0 Å². The van der Waals surface area contributed by atoms with Gasteiger partial charge in [0.05, 0.1) is 12.1 Å². The first-order valence-corrected chi connectivity index (χ1v) is 7.66. The summed E-state index contributed by atoms with van der Waals surface area (Å²) < 4.78 is 22.1. The fraction of sp³-hybridized carbons (Fsp3) is 0.529. The van der Waals surface area contributed by atoms with Gasteiger partial charge in [0.1, 0.15) is 11.6 Å². The van der Waals surface area contributed by atoms with Crippen LogP contribution >= 0.6 is 0 Å². The minimum absolute atomic E-state index is 0.169. The van der Waals surface area contributed by atoms with Crippen LogP contribution in [0, 0.1) is 5.82 Å². The van der Waals surface area contributed by atoms with Gasteiger partial charge in [-0.25, -0.2) is 4.39 Å². The molecule has 0 aliphatic heterocycles. The second-order valence-electron chi connectivity index (χ2n) is 5.60. The van der Waals surface area contributed by atoms with Crippen molar-refractivity contribution in [1.82, 2.24) is 9.47 Å². The highest BCUT2D eigenvalue weighted by Crippen LogP contribution is 2.33. The molecule has 1 heterocycles. The number of ether oxygens (including phenoxy) is 1. The van der Waals surface area contributed by atoms with E-state index in [0.29, 0.717) is 12.1 Å². The number of aromatic nitrogens is 1. The van der Waals surface area contributed by atoms with Gasteiger partial charge in [-0.3, -0.25) is 0 Å². The maximum Gasteiger partial charge on any atom is 0.147 e. The van der Waals surface area contributed by atoms with Crippen molar-refractivity contribution in [2.45, 2.75) is 33.2 Å². The van der Waals surface area contributed by atoms with Crippen LogP contribution in [-0.4, -0.2) is 36.7 Å². The van der Waals surface area contributed by atoms with Gasteiger partial charge in [-0.2, -0.15) is 0 Å². The van der Waals surface area contributed by atoms with E-state index in [1.54, 1.807) is 6.07 Å². The van der Waals surface area contributed by atoms with Crippen LogP contribution in [0.15, 0.2) is 18.3 Å². The zero-order chi connectivity index (χ0) is 15.4. The second kappa shape index (κ2) is 6.94. The second-order valence-corrected chi connectivity index (χ2v) is 5.60. The van der Waals surface area contributed by atoms with Crippen LogP contribution in [0.1, 0.15) is 25.8 Å². The van der Waals surface area contributed by atoms with Gasteiger partial charge in [0.2, 0.25) is 0 Å². The van der Waals surface area contributed by atoms with E-state index >= 15 is 0 Å². The minimum atomic E-state index is -0.169. The van der Waals surface area contributed by atoms with Crippen molar-refractivity contribution in [2.24, 2.45) is 0 Å². The zero-order valence-electron chi connectivity index (χ0n) is 13.4. The fourth-order valence-corrected chi connectivity index (χ4v) is 2.68. The Labute approximate surface area is 126 Å². The number of hydrogen-bond donors (Lipinski definition) is 0. The molecule has 0 fully saturated rings. The first-order valence-electron chi connectivity index (χ1n) is 7.66. The molecule has 0 saturated heterocycles. The molecule has 2 rings (SSSR count). The van der Waals surface area contributed by atoms with E-state index in [4.69, 9.17) is 4.74 Å². The fourth-order valence-electron chi connectivity index (χ4n) is 2.68. The Morgan fingerprint density at radius 3 is 2.62 bits per heavy atom. The third kappa shape index (κ3) is 3.38. The first-order chi connectivity index (χ1) is 10.1. The summed E-state index contributed by atoms with van der Waals surface area (Å²) in [5.41, 5.74) is 1.84. The topological polar surface area (TPSA) is 17.4 Å². The van der Waals surface area contributed by atoms with Crippen LogP contribution < -0.4 is 4.74 Å². The lowest BCUT2D eigenvalue weighted by Crippen LogP contribution is -2.15. The van der Waals surface area contributed by atoms with Gasteiger partial charge in [0.25, 0.3) is 0 Å². The number of hydrogen-bond acceptors (Lipinski definition) is 2. The summed E-state index contributed by atoms with van der Waals surface area (Å²) in [6.07, 6.45) is 3.96. The van der Waals surface area contributed by atoms with Gasteiger partial charge < -0.3 is 14.2 Å². The minimum Gasteiger partial charge on any atom is -0.493 e. The van der Waals surface area contributed by atoms with Crippen molar-refractivity contribution < 1.29 is 9.13 Å². The van der Waals surface area contributed by atoms with Crippen LogP contribution in [0.4, 0.5) is 4.39 Å². The average molecular weight is 292 g/mol. The van der Waals surface area contributed by atoms with E-state index < -0.39 is 0 Å². The monoisotopic (exact) mass is 292 g/mol. The van der Waals surface area contributed by atoms with E-state index in [2.05, 4.69) is 32.1 Å². The Balaban J connectivity index is 2.57. The van der Waals surface area contributed by atoms with Crippen molar-refractivity contribution in [3.05, 3.63) is 29.7 Å². The highest BCUT2D eigenvalue weighted by atomic mass is 19.1. The van der Waals surface area contributed by atoms with Gasteiger partial charge in [-0.1, -0.05) is 6.92 Å². The van der Waals surface area contributed by atoms with E-state index in [0.717, 1.165) is 42.6 Å². The first kappa shape index (κ1) is 15.8. The lowest BCUT2D eigenvalue weighted by molar-refractivity contribution is 0.343. The molecule has 2 aromatic rings. The summed E-state index contributed by atoms with van der Waals surface area (Å²) in [7, 11) is 4.10. The van der Waals surface area contributed by atoms with Crippen molar-refractivity contribution in [3.8, 4) is 5.75 Å². The molecule has 3 nitrogen and oxygen atoms in total. The number of benzene rings is 1. The van der Waals surface area contributed by atoms with E-state index in [1.807, 2.05) is 11.5 Å². The van der Waals surface area contributed by atoms with E-state index in [1.165, 1.54) is 6.07 Å². The molecular formula is C17H25FN2O. The Hall–Kier alpha value is -1.55. The molecule has 4 heteroatoms. The summed E-state index contributed by atoms with van der Waals surface area (Å²) in [5, 5.41) is 0.937. The van der Waals surface area contributed by atoms with Gasteiger partial charge in [-0.05, 0) is 51.6 Å². The van der Waals surface area contributed by atoms with Crippen LogP contribution in [0.2, 0.25) is 0 Å². The molecule has 21 heavy (non-hydrogen) atoms. The van der Waals surface area contributed by atoms with Crippen molar-refractivity contribution >= 4 is 10.9 Å². The lowest BCUT2D eigenvalue weighted by Gasteiger charge is -2.10. The lowest BCUT2D eigenvalue weighted by atomic mass is 10.1. The molecule has 0 radical (unpaired) electrons. The molecule has 0 unspecified atom stereocenters. The zero-order valence-corrected chi connectivity index (χ0v) is 13.4. The molecule has 0 aliphatic rings. The summed E-state index contributed by atoms with van der Waals surface area (Å²) in [4.78, 5) is 2.14. The predicted octanol–water partition coefficient (Wildman–Crippen LogP) is 3.69. The van der Waals surface area contributed by atoms with Crippen LogP contribution in [0.5, 0.6) is 5.75 Å². The van der Waals surface area contributed by atoms with Gasteiger partial charge >= 0.3 is 0 Å². The van der Waals surface area contributed by atoms with Crippen LogP contribution in [0.25, 0.3) is 10.9 Å². The quantitative estimate of drug-likeness (QED) is 0.774. The van der Waals surface area contributed by atoms with Gasteiger partial charge in [-0.15, -0.1) is 0 Å². The molecule has 0 N–H and O–H groups in total. The van der Waals surface area contributed by atoms with Crippen LogP contribution in [0.3, 0.4) is 0 Å². The van der Waals surface area contributed by atoms with Crippen molar-refractivity contribution in [2.75, 3.05) is 27.2 Å². The number of likely N-dealkylation sites (N-methyl/N-ethyl adjacent to an activating group) is 1. The smallest absolute Gasteiger partial charge is 0.147 e. The van der Waals surface area contributed by atoms with E-state index in [9.17, 15) is 4.39 Å². The molecule has 0 aliphatic carbocycles. The Morgan fingerprint density at radius 1 is 1.24 bits per heavy atom. The molecule has 0 amide bonds. The SMILES string of the molecule is CCCn1cc(CCN(C)C)c2c(OCC)ccc(F)c21. The normalized spacial score (nSPS) is 11.5. The summed E-state index contributed by atoms with van der Waals surface area (Å²) in [6.45, 7) is 6.42. The maximum absolute atomic E-state index is 14.3. The summed E-state index contributed by atoms with van der Waals surface area (Å²) in [6, 6.07) is 3.26. The Bertz CT molecular complexity index is 604. The third-order valence-corrected chi connectivity index (χ3v) is 3.60. The van der Waals surface area contributed by atoms with Crippen LogP contribution in [-0.2, 0) is 13.0 Å². The van der Waals surface area contributed by atoms with E-state index in [-0.39, 0.29) is 5.82 Å². The standard InChI is InChI=1S/C17H25FN2O/c1-5-10-20-12-13(9-11-19(3)4)16-15(21-6-2)8-7-14(18)17(16)20/h7-8,12H,5-6,9-11H2,1-4H3. The molecule has 0 spiro atoms. The largest absolute Gasteiger partial charge is 0.493 e. The molecule has 1 aromatic heterocycles. The molecular weight excluding hydrogens is 267 g/mol. The number of halogens is 1. The molecule has 0 bridgehead atoms. The highest BCUT2D eigenvalue weighted by molar-refractivity contribution is 5.90. The van der Waals surface area contributed by atoms with Gasteiger partial charge in [0, 0.05) is 24.7 Å². The Morgan fingerprint density at radius 2 is 2.00 bits per heavy atom.